The summed E-state index contributed by atoms with van der Waals surface area (Å²) in [6, 6.07) is 5.07. The van der Waals surface area contributed by atoms with Crippen LogP contribution in [0.1, 0.15) is 36.8 Å². The molecular formula is C33H44N4O8. The predicted molar refractivity (Wildman–Crippen MR) is 174 cm³/mol. The van der Waals surface area contributed by atoms with Crippen LogP contribution in [0.25, 0.3) is 5.57 Å². The number of carboxylic acid groups (broad SMARTS) is 1. The zero-order valence-electron chi connectivity index (χ0n) is 26.2. The third kappa shape index (κ3) is 7.58. The lowest BCUT2D eigenvalue weighted by molar-refractivity contribution is -0.137. The van der Waals surface area contributed by atoms with E-state index in [0.29, 0.717) is 54.9 Å². The number of rotatable bonds is 11. The molecule has 0 unspecified atom stereocenters. The van der Waals surface area contributed by atoms with Crippen LogP contribution in [-0.2, 0) is 4.79 Å². The number of benzene rings is 2. The number of aliphatic carboxylic acids is 1. The van der Waals surface area contributed by atoms with E-state index in [1.807, 2.05) is 4.90 Å². The third-order valence-corrected chi connectivity index (χ3v) is 8.19. The van der Waals surface area contributed by atoms with Gasteiger partial charge >= 0.3 is 5.97 Å². The van der Waals surface area contributed by atoms with Crippen LogP contribution in [0.5, 0.6) is 23.0 Å². The number of anilines is 2. The lowest BCUT2D eigenvalue weighted by atomic mass is 9.88. The molecule has 45 heavy (non-hydrogen) atoms. The van der Waals surface area contributed by atoms with Gasteiger partial charge in [0.05, 0.1) is 0 Å². The number of likely N-dealkylation sites (N-methyl/N-ethyl adjacent to an activating group) is 1. The van der Waals surface area contributed by atoms with Gasteiger partial charge in [-0.1, -0.05) is 6.42 Å². The number of unbranched alkanes of at least 4 members (excludes halogenated alkanes) is 2. The minimum Gasteiger partial charge on any atom is -0.510 e. The first kappa shape index (κ1) is 33.3. The molecule has 1 heterocycles. The van der Waals surface area contributed by atoms with Crippen molar-refractivity contribution in [2.24, 2.45) is 0 Å². The van der Waals surface area contributed by atoms with Gasteiger partial charge in [-0.3, -0.25) is 14.6 Å². The van der Waals surface area contributed by atoms with Crippen molar-refractivity contribution in [3.63, 3.8) is 0 Å². The first-order valence-corrected chi connectivity index (χ1v) is 15.0. The molecule has 0 spiro atoms. The van der Waals surface area contributed by atoms with Gasteiger partial charge in [-0.05, 0) is 92.2 Å². The summed E-state index contributed by atoms with van der Waals surface area (Å²) >= 11 is 0. The lowest BCUT2D eigenvalue weighted by Gasteiger charge is -2.36. The number of nitrogens with zero attached hydrogens (tertiary/aromatic N) is 4. The quantitative estimate of drug-likeness (QED) is 0.180. The summed E-state index contributed by atoms with van der Waals surface area (Å²) in [5.41, 5.74) is 1.82. The lowest BCUT2D eigenvalue weighted by Crippen LogP contribution is -2.46. The van der Waals surface area contributed by atoms with E-state index in [-0.39, 0.29) is 52.3 Å². The monoisotopic (exact) mass is 624 g/mol. The van der Waals surface area contributed by atoms with Gasteiger partial charge in [0.25, 0.3) is 0 Å². The zero-order valence-corrected chi connectivity index (χ0v) is 26.2. The number of piperazine rings is 1. The second-order valence-electron chi connectivity index (χ2n) is 12.0. The first-order chi connectivity index (χ1) is 21.3. The maximum absolute atomic E-state index is 11.2. The molecule has 1 aliphatic heterocycles. The van der Waals surface area contributed by atoms with Crippen LogP contribution in [0, 0.1) is 0 Å². The highest BCUT2D eigenvalue weighted by Gasteiger charge is 2.29. The number of carboxylic acids is 1. The largest absolute Gasteiger partial charge is 0.510 e. The highest BCUT2D eigenvalue weighted by molar-refractivity contribution is 5.90. The average Bonchev–Trinajstić information content (AvgIpc) is 2.92. The molecule has 0 aromatic heterocycles. The summed E-state index contributed by atoms with van der Waals surface area (Å²) in [4.78, 5) is 18.1. The summed E-state index contributed by atoms with van der Waals surface area (Å²) < 4.78 is 0. The van der Waals surface area contributed by atoms with Crippen molar-refractivity contribution in [1.82, 2.24) is 9.80 Å². The van der Waals surface area contributed by atoms with Crippen molar-refractivity contribution >= 4 is 22.9 Å². The number of aliphatic hydroxyl groups is 2. The second kappa shape index (κ2) is 14.0. The van der Waals surface area contributed by atoms with E-state index in [2.05, 4.69) is 4.90 Å². The molecule has 0 radical (unpaired) electrons. The fourth-order valence-corrected chi connectivity index (χ4v) is 6.11. The Balaban J connectivity index is 1.68. The van der Waals surface area contributed by atoms with Gasteiger partial charge in [0, 0.05) is 46.7 Å². The van der Waals surface area contributed by atoms with Crippen molar-refractivity contribution in [1.29, 1.82) is 0 Å². The minimum atomic E-state index is -0.781. The standard InChI is InChI=1S/C33H44N4O8/c1-34(2)31-23(38)14-20(15-24(31)39)30(21-16-25(40)32(35(3)4)26(41)17-21)22-18-27(42)33(28(43)19-22)37-12-10-36(11-13-37)9-7-5-6-8-29(44)45/h14-19,31,38-43H,5-13H2,1-4H3,(H,44,45). The number of carbonyl (C=O) groups is 1. The number of allylic oxidation sites excluding steroid dienone is 3. The third-order valence-electron chi connectivity index (χ3n) is 8.19. The summed E-state index contributed by atoms with van der Waals surface area (Å²) in [6.07, 6.45) is 5.51. The predicted octanol–water partition coefficient (Wildman–Crippen LogP) is 3.97. The van der Waals surface area contributed by atoms with E-state index in [1.165, 1.54) is 36.4 Å². The molecule has 244 valence electrons. The Morgan fingerprint density at radius 2 is 1.27 bits per heavy atom. The molecule has 2 aromatic carbocycles. The Kier molecular flexibility index (Phi) is 10.4. The van der Waals surface area contributed by atoms with Crippen molar-refractivity contribution in [2.45, 2.75) is 31.7 Å². The summed E-state index contributed by atoms with van der Waals surface area (Å²) in [5, 5.41) is 74.6. The average molecular weight is 625 g/mol. The van der Waals surface area contributed by atoms with E-state index in [1.54, 1.807) is 38.0 Å². The molecule has 0 saturated carbocycles. The van der Waals surface area contributed by atoms with E-state index < -0.39 is 12.0 Å². The Bertz CT molecular complexity index is 1440. The van der Waals surface area contributed by atoms with Gasteiger partial charge in [-0.15, -0.1) is 0 Å². The van der Waals surface area contributed by atoms with Crippen LogP contribution in [0.4, 0.5) is 11.4 Å². The molecule has 12 heteroatoms. The van der Waals surface area contributed by atoms with Gasteiger partial charge in [0.2, 0.25) is 0 Å². The Labute approximate surface area is 263 Å². The zero-order chi connectivity index (χ0) is 33.0. The second-order valence-corrected chi connectivity index (χ2v) is 12.0. The van der Waals surface area contributed by atoms with Crippen LogP contribution in [0.3, 0.4) is 0 Å². The fraction of sp³-hybridized carbons (Fsp3) is 0.424. The molecule has 0 atom stereocenters. The highest BCUT2D eigenvalue weighted by Crippen LogP contribution is 2.45. The number of phenols is 4. The molecule has 2 aromatic rings. The van der Waals surface area contributed by atoms with E-state index in [9.17, 15) is 35.4 Å². The molecule has 4 rings (SSSR count). The van der Waals surface area contributed by atoms with Crippen LogP contribution in [0.15, 0.2) is 53.5 Å². The van der Waals surface area contributed by atoms with Gasteiger partial charge in [-0.25, -0.2) is 0 Å². The van der Waals surface area contributed by atoms with Crippen LogP contribution in [0.2, 0.25) is 0 Å². The van der Waals surface area contributed by atoms with Gasteiger partial charge in [0.1, 0.15) is 51.9 Å². The summed E-state index contributed by atoms with van der Waals surface area (Å²) in [7, 11) is 6.77. The molecular weight excluding hydrogens is 580 g/mol. The Morgan fingerprint density at radius 1 is 0.756 bits per heavy atom. The van der Waals surface area contributed by atoms with Crippen LogP contribution >= 0.6 is 0 Å². The molecule has 12 nitrogen and oxygen atoms in total. The number of phenolic OH excluding ortho intramolecular Hbond substituents is 4. The number of aliphatic hydroxyl groups excluding tert-OH is 2. The van der Waals surface area contributed by atoms with Crippen molar-refractivity contribution in [3.05, 3.63) is 64.6 Å². The van der Waals surface area contributed by atoms with E-state index >= 15 is 0 Å². The van der Waals surface area contributed by atoms with Crippen molar-refractivity contribution < 1.29 is 40.5 Å². The van der Waals surface area contributed by atoms with E-state index in [0.717, 1.165) is 19.4 Å². The molecule has 0 bridgehead atoms. The Hall–Kier alpha value is -4.55. The van der Waals surface area contributed by atoms with Gasteiger partial charge < -0.3 is 45.5 Å². The molecule has 2 aliphatic rings. The molecule has 1 fully saturated rings. The van der Waals surface area contributed by atoms with Crippen molar-refractivity contribution in [3.8, 4) is 23.0 Å². The highest BCUT2D eigenvalue weighted by atomic mass is 16.4. The number of aromatic hydroxyl groups is 4. The minimum absolute atomic E-state index is 0.129. The maximum Gasteiger partial charge on any atom is 0.303 e. The topological polar surface area (TPSA) is 172 Å². The van der Waals surface area contributed by atoms with Crippen LogP contribution < -0.4 is 9.80 Å². The molecule has 0 amide bonds. The first-order valence-electron chi connectivity index (χ1n) is 15.0. The Morgan fingerprint density at radius 3 is 1.73 bits per heavy atom. The number of hydrogen-bond acceptors (Lipinski definition) is 11. The van der Waals surface area contributed by atoms with Gasteiger partial charge in [-0.2, -0.15) is 0 Å². The number of hydrogen-bond donors (Lipinski definition) is 7. The van der Waals surface area contributed by atoms with Crippen molar-refractivity contribution in [2.75, 3.05) is 70.7 Å². The summed E-state index contributed by atoms with van der Waals surface area (Å²) in [6.45, 7) is 3.41. The van der Waals surface area contributed by atoms with E-state index in [4.69, 9.17) is 5.11 Å². The SMILES string of the molecule is CN(C)c1c(O)cc(C(=C2C=C(O)C(N(C)C)C(O)=C2)c2cc(O)c(N3CCN(CCCCCC(=O)O)CC3)c(O)c2)cc1O. The molecule has 1 aliphatic carbocycles. The maximum atomic E-state index is 11.2. The fourth-order valence-electron chi connectivity index (χ4n) is 6.11. The molecule has 7 N–H and O–H groups in total. The van der Waals surface area contributed by atoms with Crippen LogP contribution in [-0.4, -0.2) is 118 Å². The smallest absolute Gasteiger partial charge is 0.303 e. The summed E-state index contributed by atoms with van der Waals surface area (Å²) in [5.74, 6) is -1.80. The molecule has 1 saturated heterocycles. The van der Waals surface area contributed by atoms with Gasteiger partial charge in [0.15, 0.2) is 0 Å². The normalized spacial score (nSPS) is 17.3.